The molecule has 0 heterocycles. The van der Waals surface area contributed by atoms with Gasteiger partial charge in [-0.2, -0.15) is 0 Å². The van der Waals surface area contributed by atoms with Crippen LogP contribution in [-0.2, 0) is 0 Å². The minimum Gasteiger partial charge on any atom is -0.405 e. The molecule has 0 unspecified atom stereocenters. The summed E-state index contributed by atoms with van der Waals surface area (Å²) in [6, 6.07) is 0. The Kier molecular flexibility index (Phi) is 3.15. The van der Waals surface area contributed by atoms with E-state index in [1.807, 2.05) is 30.4 Å². The van der Waals surface area contributed by atoms with Crippen LogP contribution in [0.5, 0.6) is 0 Å². The maximum atomic E-state index is 5.24. The van der Waals surface area contributed by atoms with E-state index in [1.54, 1.807) is 0 Å². The third kappa shape index (κ3) is 2.27. The van der Waals surface area contributed by atoms with Crippen LogP contribution in [0, 0.1) is 0 Å². The Labute approximate surface area is 73.3 Å². The van der Waals surface area contributed by atoms with E-state index in [1.165, 1.54) is 6.20 Å². The van der Waals surface area contributed by atoms with Gasteiger partial charge in [-0.25, -0.2) is 0 Å². The SMILES string of the molecule is C=C1CC=CC=C/C1=C/C=C\N. The molecule has 0 amide bonds. The fourth-order valence-corrected chi connectivity index (χ4v) is 1.02. The fraction of sp³-hybridized carbons (Fsp3) is 0.0909. The number of rotatable bonds is 1. The van der Waals surface area contributed by atoms with E-state index >= 15 is 0 Å². The second-order valence-corrected chi connectivity index (χ2v) is 2.60. The largest absolute Gasteiger partial charge is 0.405 e. The van der Waals surface area contributed by atoms with Crippen LogP contribution >= 0.6 is 0 Å². The second kappa shape index (κ2) is 4.39. The van der Waals surface area contributed by atoms with Crippen molar-refractivity contribution in [1.29, 1.82) is 0 Å². The zero-order valence-electron chi connectivity index (χ0n) is 7.03. The van der Waals surface area contributed by atoms with Gasteiger partial charge in [-0.05, 0) is 29.8 Å². The van der Waals surface area contributed by atoms with Crippen LogP contribution in [0.25, 0.3) is 0 Å². The van der Waals surface area contributed by atoms with Gasteiger partial charge in [-0.1, -0.05) is 37.0 Å². The van der Waals surface area contributed by atoms with Gasteiger partial charge < -0.3 is 5.73 Å². The summed E-state index contributed by atoms with van der Waals surface area (Å²) in [6.45, 7) is 3.96. The third-order valence-corrected chi connectivity index (χ3v) is 1.68. The van der Waals surface area contributed by atoms with Gasteiger partial charge >= 0.3 is 0 Å². The average molecular weight is 159 g/mol. The lowest BCUT2D eigenvalue weighted by molar-refractivity contribution is 1.27. The van der Waals surface area contributed by atoms with Crippen molar-refractivity contribution >= 4 is 0 Å². The molecule has 0 saturated heterocycles. The standard InChI is InChI=1S/C11H13N/c1-10-6-3-2-4-7-11(10)8-5-9-12/h2-5,7-9H,1,6,12H2/b9-5-,11-8-. The molecule has 1 aliphatic rings. The predicted octanol–water partition coefficient (Wildman–Crippen LogP) is 2.46. The van der Waals surface area contributed by atoms with Crippen molar-refractivity contribution in [3.05, 3.63) is 60.4 Å². The molecule has 62 valence electrons. The molecule has 1 aliphatic carbocycles. The van der Waals surface area contributed by atoms with Gasteiger partial charge in [0.05, 0.1) is 0 Å². The molecule has 0 bridgehead atoms. The van der Waals surface area contributed by atoms with E-state index in [2.05, 4.69) is 12.7 Å². The molecule has 1 nitrogen and oxygen atoms in total. The van der Waals surface area contributed by atoms with Gasteiger partial charge in [-0.3, -0.25) is 0 Å². The van der Waals surface area contributed by atoms with Gasteiger partial charge in [0.25, 0.3) is 0 Å². The Morgan fingerprint density at radius 1 is 1.42 bits per heavy atom. The van der Waals surface area contributed by atoms with Crippen LogP contribution in [-0.4, -0.2) is 0 Å². The molecule has 0 aromatic carbocycles. The van der Waals surface area contributed by atoms with E-state index in [9.17, 15) is 0 Å². The summed E-state index contributed by atoms with van der Waals surface area (Å²) in [6.07, 6.45) is 14.4. The van der Waals surface area contributed by atoms with Gasteiger partial charge in [0.2, 0.25) is 0 Å². The summed E-state index contributed by atoms with van der Waals surface area (Å²) in [5.41, 5.74) is 7.50. The van der Waals surface area contributed by atoms with Crippen molar-refractivity contribution in [2.24, 2.45) is 5.73 Å². The van der Waals surface area contributed by atoms with Gasteiger partial charge in [-0.15, -0.1) is 0 Å². The second-order valence-electron chi connectivity index (χ2n) is 2.60. The van der Waals surface area contributed by atoms with E-state index in [0.717, 1.165) is 17.6 Å². The summed E-state index contributed by atoms with van der Waals surface area (Å²) in [5.74, 6) is 0. The van der Waals surface area contributed by atoms with Crippen molar-refractivity contribution in [1.82, 2.24) is 0 Å². The maximum Gasteiger partial charge on any atom is -0.00622 e. The van der Waals surface area contributed by atoms with Crippen LogP contribution in [0.1, 0.15) is 6.42 Å². The van der Waals surface area contributed by atoms with E-state index in [-0.39, 0.29) is 0 Å². The van der Waals surface area contributed by atoms with E-state index in [4.69, 9.17) is 5.73 Å². The molecular weight excluding hydrogens is 146 g/mol. The molecular formula is C11H13N. The highest BCUT2D eigenvalue weighted by molar-refractivity contribution is 5.44. The first kappa shape index (κ1) is 8.60. The van der Waals surface area contributed by atoms with Crippen molar-refractivity contribution in [3.63, 3.8) is 0 Å². The Morgan fingerprint density at radius 2 is 2.25 bits per heavy atom. The van der Waals surface area contributed by atoms with Gasteiger partial charge in [0, 0.05) is 0 Å². The summed E-state index contributed by atoms with van der Waals surface area (Å²) >= 11 is 0. The van der Waals surface area contributed by atoms with Crippen LogP contribution < -0.4 is 5.73 Å². The lowest BCUT2D eigenvalue weighted by Crippen LogP contribution is -1.82. The maximum absolute atomic E-state index is 5.24. The molecule has 0 saturated carbocycles. The van der Waals surface area contributed by atoms with Crippen molar-refractivity contribution in [2.75, 3.05) is 0 Å². The number of allylic oxidation sites excluding steroid dienone is 8. The molecule has 2 N–H and O–H groups in total. The Morgan fingerprint density at radius 3 is 3.00 bits per heavy atom. The predicted molar refractivity (Wildman–Crippen MR) is 53.4 cm³/mol. The molecule has 0 fully saturated rings. The van der Waals surface area contributed by atoms with Crippen molar-refractivity contribution < 1.29 is 0 Å². The summed E-state index contributed by atoms with van der Waals surface area (Å²) in [4.78, 5) is 0. The zero-order valence-corrected chi connectivity index (χ0v) is 7.03. The molecule has 0 aromatic heterocycles. The molecule has 0 radical (unpaired) electrons. The smallest absolute Gasteiger partial charge is 0.00622 e. The molecule has 0 aromatic rings. The minimum atomic E-state index is 0.914. The van der Waals surface area contributed by atoms with Crippen molar-refractivity contribution in [3.8, 4) is 0 Å². The highest BCUT2D eigenvalue weighted by Gasteiger charge is 1.97. The third-order valence-electron chi connectivity index (χ3n) is 1.68. The van der Waals surface area contributed by atoms with Crippen LogP contribution in [0.4, 0.5) is 0 Å². The highest BCUT2D eigenvalue weighted by atomic mass is 14.5. The first-order chi connectivity index (χ1) is 5.84. The molecule has 0 atom stereocenters. The number of hydrogen-bond donors (Lipinski definition) is 1. The summed E-state index contributed by atoms with van der Waals surface area (Å²) in [7, 11) is 0. The fourth-order valence-electron chi connectivity index (χ4n) is 1.02. The normalized spacial score (nSPS) is 20.7. The van der Waals surface area contributed by atoms with Crippen LogP contribution in [0.15, 0.2) is 60.4 Å². The van der Waals surface area contributed by atoms with Crippen molar-refractivity contribution in [2.45, 2.75) is 6.42 Å². The minimum absolute atomic E-state index is 0.914. The van der Waals surface area contributed by atoms with Crippen LogP contribution in [0.2, 0.25) is 0 Å². The Balaban J connectivity index is 2.82. The average Bonchev–Trinajstić information content (AvgIpc) is 2.27. The quantitative estimate of drug-likeness (QED) is 0.625. The molecule has 1 rings (SSSR count). The first-order valence-corrected chi connectivity index (χ1v) is 3.94. The van der Waals surface area contributed by atoms with Gasteiger partial charge in [0.15, 0.2) is 0 Å². The Hall–Kier alpha value is -1.50. The Bertz CT molecular complexity index is 277. The molecule has 0 aliphatic heterocycles. The molecule has 12 heavy (non-hydrogen) atoms. The highest BCUT2D eigenvalue weighted by Crippen LogP contribution is 2.16. The van der Waals surface area contributed by atoms with E-state index in [0.29, 0.717) is 0 Å². The molecule has 0 spiro atoms. The zero-order chi connectivity index (χ0) is 8.81. The summed E-state index contributed by atoms with van der Waals surface area (Å²) in [5, 5.41) is 0. The lowest BCUT2D eigenvalue weighted by atomic mass is 10.1. The van der Waals surface area contributed by atoms with Gasteiger partial charge in [0.1, 0.15) is 0 Å². The topological polar surface area (TPSA) is 26.0 Å². The monoisotopic (exact) mass is 159 g/mol. The lowest BCUT2D eigenvalue weighted by Gasteiger charge is -1.99. The van der Waals surface area contributed by atoms with E-state index < -0.39 is 0 Å². The number of nitrogens with two attached hydrogens (primary N) is 1. The molecule has 1 heteroatoms. The number of hydrogen-bond acceptors (Lipinski definition) is 1. The first-order valence-electron chi connectivity index (χ1n) is 3.94. The summed E-state index contributed by atoms with van der Waals surface area (Å²) < 4.78 is 0. The van der Waals surface area contributed by atoms with Crippen LogP contribution in [0.3, 0.4) is 0 Å².